The fourth-order valence-electron chi connectivity index (χ4n) is 12.0. The molecule has 56 heavy (non-hydrogen) atoms. The van der Waals surface area contributed by atoms with E-state index in [0.29, 0.717) is 0 Å². The largest absolute Gasteiger partial charge is 0.310 e. The van der Waals surface area contributed by atoms with Crippen LogP contribution in [0.3, 0.4) is 0 Å². The van der Waals surface area contributed by atoms with Crippen molar-refractivity contribution in [3.63, 3.8) is 0 Å². The third-order valence-electron chi connectivity index (χ3n) is 14.0. The molecule has 258 valence electrons. The predicted molar refractivity (Wildman–Crippen MR) is 239 cm³/mol. The quantitative estimate of drug-likeness (QED) is 0.164. The van der Waals surface area contributed by atoms with Crippen LogP contribution in [0.25, 0.3) is 77.6 Å². The average Bonchev–Trinajstić information content (AvgIpc) is 3.90. The van der Waals surface area contributed by atoms with E-state index < -0.39 is 8.07 Å². The summed E-state index contributed by atoms with van der Waals surface area (Å²) in [5, 5.41) is 10.3. The fraction of sp³-hybridized carbons (Fsp3) is 0.0385. The van der Waals surface area contributed by atoms with Crippen molar-refractivity contribution in [1.29, 1.82) is 0 Å². The maximum atomic E-state index is 2.76. The van der Waals surface area contributed by atoms with Gasteiger partial charge in [0.15, 0.2) is 8.07 Å². The Morgan fingerprint density at radius 3 is 1.79 bits per heavy atom. The number of nitrogens with zero attached hydrogens (tertiary/aromatic N) is 2. The van der Waals surface area contributed by atoms with Crippen LogP contribution in [0.5, 0.6) is 0 Å². The van der Waals surface area contributed by atoms with Gasteiger partial charge in [0.2, 0.25) is 0 Å². The van der Waals surface area contributed by atoms with Crippen LogP contribution in [-0.4, -0.2) is 23.9 Å². The highest BCUT2D eigenvalue weighted by atomic mass is 28.3. The maximum absolute atomic E-state index is 2.79. The number of hydrogen-bond donors (Lipinski definition) is 0. The van der Waals surface area contributed by atoms with Gasteiger partial charge >= 0.3 is 0 Å². The van der Waals surface area contributed by atoms with Gasteiger partial charge in [0, 0.05) is 44.1 Å². The van der Waals surface area contributed by atoms with Crippen molar-refractivity contribution in [1.82, 2.24) is 9.13 Å². The topological polar surface area (TPSA) is 9.86 Å². The first kappa shape index (κ1) is 29.7. The molecule has 6 heterocycles. The van der Waals surface area contributed by atoms with Crippen LogP contribution in [0.4, 0.5) is 0 Å². The highest BCUT2D eigenvalue weighted by Gasteiger charge is 2.56. The molecule has 0 saturated heterocycles. The summed E-state index contributed by atoms with van der Waals surface area (Å²) in [7, 11) is -2.79. The van der Waals surface area contributed by atoms with Crippen LogP contribution in [0.2, 0.25) is 0 Å². The minimum Gasteiger partial charge on any atom is -0.310 e. The molecule has 0 amide bonds. The van der Waals surface area contributed by atoms with E-state index in [1.54, 1.807) is 0 Å². The van der Waals surface area contributed by atoms with E-state index in [4.69, 9.17) is 0 Å². The standard InChI is InChI=1S/C52H33BN2Si/c1-30-24-26-38-50-44(30)45-31(2)25-28-42-51(45)55(50)52-43(56(42)40-22-11-9-18-34(40)35-19-10-12-23-41(35)56)29-27-39-47(52)53(38)37-21-13-20-36-46(32-14-5-3-6-15-32)48(54(39)49(36)37)33-16-7-4-8-17-33/h3-29H,1-2H3. The van der Waals surface area contributed by atoms with E-state index in [1.807, 2.05) is 0 Å². The molecule has 0 fully saturated rings. The molecule has 4 aliphatic heterocycles. The predicted octanol–water partition coefficient (Wildman–Crippen LogP) is 7.49. The fourth-order valence-corrected chi connectivity index (χ4v) is 17.6. The summed E-state index contributed by atoms with van der Waals surface area (Å²) in [5.41, 5.74) is 21.7. The Kier molecular flexibility index (Phi) is 5.29. The smallest absolute Gasteiger partial charge is 0.252 e. The molecule has 0 saturated carbocycles. The summed E-state index contributed by atoms with van der Waals surface area (Å²) in [6.07, 6.45) is 0. The highest BCUT2D eigenvalue weighted by molar-refractivity contribution is 7.24. The van der Waals surface area contributed by atoms with Gasteiger partial charge in [-0.2, -0.15) is 0 Å². The van der Waals surface area contributed by atoms with Crippen molar-refractivity contribution in [3.05, 3.63) is 175 Å². The second-order valence-electron chi connectivity index (χ2n) is 16.4. The molecule has 1 spiro atoms. The molecule has 2 aromatic heterocycles. The third-order valence-corrected chi connectivity index (χ3v) is 18.9. The van der Waals surface area contributed by atoms with Gasteiger partial charge in [-0.25, -0.2) is 0 Å². The lowest BCUT2D eigenvalue weighted by molar-refractivity contribution is 1.12. The van der Waals surface area contributed by atoms with Crippen molar-refractivity contribution < 1.29 is 0 Å². The number of aromatic nitrogens is 2. The van der Waals surface area contributed by atoms with E-state index >= 15 is 0 Å². The Bertz CT molecular complexity index is 3400. The Hall–Kier alpha value is -6.62. The van der Waals surface area contributed by atoms with Crippen LogP contribution in [0.15, 0.2) is 164 Å². The van der Waals surface area contributed by atoms with Gasteiger partial charge in [-0.05, 0) is 90.4 Å². The number of para-hydroxylation sites is 1. The minimum atomic E-state index is -2.79. The lowest BCUT2D eigenvalue weighted by Crippen LogP contribution is -2.76. The van der Waals surface area contributed by atoms with E-state index in [0.717, 1.165) is 0 Å². The molecule has 0 aliphatic carbocycles. The minimum absolute atomic E-state index is 0.0954. The molecule has 0 radical (unpaired) electrons. The zero-order valence-corrected chi connectivity index (χ0v) is 32.1. The van der Waals surface area contributed by atoms with Crippen LogP contribution in [0, 0.1) is 13.8 Å². The first-order valence-corrected chi connectivity index (χ1v) is 21.9. The summed E-state index contributed by atoms with van der Waals surface area (Å²) < 4.78 is 5.42. The maximum Gasteiger partial charge on any atom is 0.252 e. The zero-order chi connectivity index (χ0) is 36.6. The van der Waals surface area contributed by atoms with Crippen LogP contribution in [-0.2, 0) is 0 Å². The van der Waals surface area contributed by atoms with Gasteiger partial charge in [-0.3, -0.25) is 0 Å². The molecule has 0 atom stereocenters. The molecular weight excluding hydrogens is 691 g/mol. The Morgan fingerprint density at radius 2 is 1.05 bits per heavy atom. The molecule has 2 nitrogen and oxygen atoms in total. The van der Waals surface area contributed by atoms with E-state index in [-0.39, 0.29) is 6.71 Å². The molecule has 14 rings (SSSR count). The van der Waals surface area contributed by atoms with Crippen LogP contribution in [0.1, 0.15) is 11.1 Å². The van der Waals surface area contributed by atoms with Crippen molar-refractivity contribution in [3.8, 4) is 44.9 Å². The van der Waals surface area contributed by atoms with Crippen molar-refractivity contribution in [2.45, 2.75) is 13.8 Å². The molecule has 4 heteroatoms. The number of fused-ring (bicyclic) bond motifs is 11. The van der Waals surface area contributed by atoms with Gasteiger partial charge < -0.3 is 9.13 Å². The lowest BCUT2D eigenvalue weighted by Gasteiger charge is -2.43. The molecular formula is C52H33BN2Si. The van der Waals surface area contributed by atoms with Gasteiger partial charge in [-0.15, -0.1) is 0 Å². The second-order valence-corrected chi connectivity index (χ2v) is 20.0. The lowest BCUT2D eigenvalue weighted by atomic mass is 9.34. The number of aryl methyl sites for hydroxylation is 2. The second kappa shape index (κ2) is 9.97. The Labute approximate surface area is 326 Å². The normalized spacial score (nSPS) is 14.4. The molecule has 0 bridgehead atoms. The van der Waals surface area contributed by atoms with Gasteiger partial charge in [-0.1, -0.05) is 158 Å². The summed E-state index contributed by atoms with van der Waals surface area (Å²) >= 11 is 0. The van der Waals surface area contributed by atoms with Gasteiger partial charge in [0.1, 0.15) is 0 Å². The van der Waals surface area contributed by atoms with E-state index in [2.05, 4.69) is 187 Å². The van der Waals surface area contributed by atoms with Crippen molar-refractivity contribution in [2.24, 2.45) is 0 Å². The Balaban J connectivity index is 1.25. The first-order valence-electron chi connectivity index (χ1n) is 19.9. The summed E-state index contributed by atoms with van der Waals surface area (Å²) in [6, 6.07) is 63.0. The van der Waals surface area contributed by atoms with Crippen molar-refractivity contribution in [2.75, 3.05) is 0 Å². The van der Waals surface area contributed by atoms with Crippen LogP contribution < -0.4 is 37.1 Å². The summed E-state index contributed by atoms with van der Waals surface area (Å²) in [5.74, 6) is 0. The highest BCUT2D eigenvalue weighted by Crippen LogP contribution is 2.46. The van der Waals surface area contributed by atoms with Crippen molar-refractivity contribution >= 4 is 84.6 Å². The van der Waals surface area contributed by atoms with Crippen LogP contribution >= 0.6 is 0 Å². The summed E-state index contributed by atoms with van der Waals surface area (Å²) in [6.45, 7) is 4.76. The van der Waals surface area contributed by atoms with E-state index in [1.165, 1.54) is 126 Å². The number of rotatable bonds is 2. The van der Waals surface area contributed by atoms with Gasteiger partial charge in [0.25, 0.3) is 6.71 Å². The number of hydrogen-bond acceptors (Lipinski definition) is 0. The van der Waals surface area contributed by atoms with Gasteiger partial charge in [0.05, 0.1) is 11.2 Å². The Morgan fingerprint density at radius 1 is 0.446 bits per heavy atom. The SMILES string of the molecule is Cc1ccc2c3c1c1c(C)ccc4c1n3-c1c(ccc3c1B2c1cccc2c(-c5ccccc5)c(-c5ccccc5)n-3c12)[Si]41c2ccccc2-c2ccccc21. The zero-order valence-electron chi connectivity index (χ0n) is 31.1. The average molecular weight is 725 g/mol. The third kappa shape index (κ3) is 3.13. The molecule has 8 aromatic carbocycles. The molecule has 4 aliphatic rings. The monoisotopic (exact) mass is 724 g/mol. The summed E-state index contributed by atoms with van der Waals surface area (Å²) in [4.78, 5) is 0. The molecule has 0 N–H and O–H groups in total. The molecule has 10 aromatic rings. The number of benzene rings is 8. The molecule has 0 unspecified atom stereocenters. The van der Waals surface area contributed by atoms with E-state index in [9.17, 15) is 0 Å². The first-order chi connectivity index (χ1) is 27.7.